The molecule has 2 aliphatic heterocycles. The summed E-state index contributed by atoms with van der Waals surface area (Å²) in [5.74, 6) is 1.000. The highest BCUT2D eigenvalue weighted by Gasteiger charge is 2.43. The number of piperidine rings is 1. The van der Waals surface area contributed by atoms with Crippen LogP contribution in [0, 0.1) is 41.7 Å². The van der Waals surface area contributed by atoms with Crippen LogP contribution in [0.3, 0.4) is 0 Å². The number of rotatable bonds is 5. The van der Waals surface area contributed by atoms with Gasteiger partial charge in [0, 0.05) is 47.8 Å². The minimum Gasteiger partial charge on any atom is -0.508 e. The number of phenols is 1. The van der Waals surface area contributed by atoms with Crippen molar-refractivity contribution < 1.29 is 27.4 Å². The van der Waals surface area contributed by atoms with Gasteiger partial charge in [-0.25, -0.2) is 17.6 Å². The van der Waals surface area contributed by atoms with Crippen LogP contribution >= 0.6 is 0 Å². The normalized spacial score (nSPS) is 25.2. The molecule has 1 aliphatic carbocycles. The van der Waals surface area contributed by atoms with Gasteiger partial charge in [-0.1, -0.05) is 18.1 Å². The number of hydrogen-bond donors (Lipinski definition) is 2. The first-order chi connectivity index (χ1) is 21.8. The maximum atomic E-state index is 16.7. The Balaban J connectivity index is 1.35. The molecular formula is C35H34F4N4O2. The number of alkyl halides is 2. The minimum atomic E-state index is -1.00. The maximum absolute atomic E-state index is 16.7. The summed E-state index contributed by atoms with van der Waals surface area (Å²) in [5, 5.41) is 14.8. The van der Waals surface area contributed by atoms with Gasteiger partial charge in [-0.2, -0.15) is 9.97 Å². The molecule has 7 rings (SSSR count). The zero-order chi connectivity index (χ0) is 31.2. The van der Waals surface area contributed by atoms with Gasteiger partial charge >= 0.3 is 6.01 Å². The third-order valence-corrected chi connectivity index (χ3v) is 9.64. The molecule has 3 fully saturated rings. The Morgan fingerprint density at radius 1 is 1.02 bits per heavy atom. The lowest BCUT2D eigenvalue weighted by Crippen LogP contribution is -2.43. The highest BCUT2D eigenvalue weighted by atomic mass is 19.1. The van der Waals surface area contributed by atoms with E-state index in [1.807, 2.05) is 4.90 Å². The molecular weight excluding hydrogens is 584 g/mol. The summed E-state index contributed by atoms with van der Waals surface area (Å²) in [5.41, 5.74) is 0.214. The van der Waals surface area contributed by atoms with Crippen molar-refractivity contribution in [2.45, 2.75) is 44.4 Å². The molecule has 3 aromatic carbocycles. The number of halogens is 4. The van der Waals surface area contributed by atoms with Crippen molar-refractivity contribution in [2.24, 2.45) is 17.8 Å². The second-order valence-electron chi connectivity index (χ2n) is 12.6. The molecule has 6 nitrogen and oxygen atoms in total. The predicted molar refractivity (Wildman–Crippen MR) is 166 cm³/mol. The van der Waals surface area contributed by atoms with E-state index >= 15 is 4.39 Å². The highest BCUT2D eigenvalue weighted by Crippen LogP contribution is 2.43. The standard InChI is InChI=1S/C35H34F4N4O2/c1-2-25-29(37)10-7-20-13-24(44)14-28(30(20)25)26-8-9-27-33(32(26)39)41-35(45-18-19-4-3-11-40-15-23(36)12-19)42-34(27)43-16-21-5-6-22(17-43)31(21)38/h1,7-10,13-14,19,21-23,31,40,44H,3-6,11-12,15-18H2/t19-,21?,22?,23-,31?/m1/s1. The third kappa shape index (κ3) is 5.52. The quantitative estimate of drug-likeness (QED) is 0.192. The number of benzene rings is 3. The third-order valence-electron chi connectivity index (χ3n) is 9.64. The highest BCUT2D eigenvalue weighted by molar-refractivity contribution is 6.04. The van der Waals surface area contributed by atoms with Crippen LogP contribution < -0.4 is 15.0 Å². The number of aromatic hydroxyl groups is 1. The maximum Gasteiger partial charge on any atom is 0.319 e. The smallest absolute Gasteiger partial charge is 0.319 e. The fourth-order valence-electron chi connectivity index (χ4n) is 7.43. The number of hydrogen-bond acceptors (Lipinski definition) is 6. The molecule has 2 saturated heterocycles. The van der Waals surface area contributed by atoms with Crippen LogP contribution in [0.25, 0.3) is 32.8 Å². The van der Waals surface area contributed by atoms with Crippen molar-refractivity contribution in [2.75, 3.05) is 37.7 Å². The van der Waals surface area contributed by atoms with Crippen molar-refractivity contribution in [1.29, 1.82) is 0 Å². The van der Waals surface area contributed by atoms with Crippen LogP contribution in [-0.4, -0.2) is 60.2 Å². The molecule has 0 amide bonds. The van der Waals surface area contributed by atoms with E-state index in [1.165, 1.54) is 24.3 Å². The van der Waals surface area contributed by atoms with E-state index in [-0.39, 0.29) is 58.3 Å². The lowest BCUT2D eigenvalue weighted by atomic mass is 9.92. The molecule has 1 saturated carbocycles. The van der Waals surface area contributed by atoms with Crippen molar-refractivity contribution in [3.8, 4) is 35.2 Å². The van der Waals surface area contributed by atoms with Gasteiger partial charge in [0.05, 0.1) is 12.2 Å². The first-order valence-electron chi connectivity index (χ1n) is 15.6. The summed E-state index contributed by atoms with van der Waals surface area (Å²) in [6, 6.07) is 8.69. The molecule has 3 heterocycles. The number of aromatic nitrogens is 2. The number of fused-ring (bicyclic) bond motifs is 4. The predicted octanol–water partition coefficient (Wildman–Crippen LogP) is 6.71. The lowest BCUT2D eigenvalue weighted by molar-refractivity contribution is 0.165. The summed E-state index contributed by atoms with van der Waals surface area (Å²) in [6.45, 7) is 2.07. The Labute approximate surface area is 258 Å². The molecule has 10 heteroatoms. The summed E-state index contributed by atoms with van der Waals surface area (Å²) in [4.78, 5) is 11.2. The minimum absolute atomic E-state index is 0.0254. The van der Waals surface area contributed by atoms with E-state index in [0.29, 0.717) is 48.0 Å². The SMILES string of the molecule is C#Cc1c(F)ccc2cc(O)cc(-c3ccc4c(N5CC6CCC(C5)C6F)nc(OC[C@@H]5CCCNC[C@H](F)C5)nc4c3F)c12. The molecule has 2 N–H and O–H groups in total. The first kappa shape index (κ1) is 29.6. The number of anilines is 1. The number of nitrogens with zero attached hydrogens (tertiary/aromatic N) is 3. The molecule has 4 atom stereocenters. The van der Waals surface area contributed by atoms with Crippen molar-refractivity contribution in [1.82, 2.24) is 15.3 Å². The fourth-order valence-corrected chi connectivity index (χ4v) is 7.43. The Hall–Kier alpha value is -4.10. The van der Waals surface area contributed by atoms with Crippen molar-refractivity contribution in [3.63, 3.8) is 0 Å². The van der Waals surface area contributed by atoms with Crippen LogP contribution in [0.1, 0.15) is 37.7 Å². The molecule has 0 radical (unpaired) electrons. The molecule has 2 unspecified atom stereocenters. The largest absolute Gasteiger partial charge is 0.508 e. The summed E-state index contributed by atoms with van der Waals surface area (Å²) < 4.78 is 66.9. The monoisotopic (exact) mass is 618 g/mol. The summed E-state index contributed by atoms with van der Waals surface area (Å²) in [7, 11) is 0. The second kappa shape index (κ2) is 12.0. The first-order valence-corrected chi connectivity index (χ1v) is 15.6. The molecule has 234 valence electrons. The Bertz CT molecular complexity index is 1800. The Morgan fingerprint density at radius 2 is 1.82 bits per heavy atom. The van der Waals surface area contributed by atoms with E-state index in [9.17, 15) is 18.3 Å². The number of phenolic OH excluding ortho intramolecular Hbond substituents is 1. The topological polar surface area (TPSA) is 70.5 Å². The van der Waals surface area contributed by atoms with E-state index in [4.69, 9.17) is 16.1 Å². The molecule has 2 bridgehead atoms. The van der Waals surface area contributed by atoms with Gasteiger partial charge in [0.1, 0.15) is 35.2 Å². The van der Waals surface area contributed by atoms with E-state index in [2.05, 4.69) is 16.2 Å². The molecule has 0 spiro atoms. The Morgan fingerprint density at radius 3 is 2.60 bits per heavy atom. The fraction of sp³-hybridized carbons (Fsp3) is 0.429. The van der Waals surface area contributed by atoms with Crippen molar-refractivity contribution >= 4 is 27.5 Å². The molecule has 4 aromatic rings. The van der Waals surface area contributed by atoms with E-state index < -0.39 is 24.0 Å². The van der Waals surface area contributed by atoms with E-state index in [1.54, 1.807) is 12.1 Å². The Kier molecular flexibility index (Phi) is 7.90. The van der Waals surface area contributed by atoms with Gasteiger partial charge < -0.3 is 20.1 Å². The lowest BCUT2D eigenvalue weighted by Gasteiger charge is -2.35. The summed E-state index contributed by atoms with van der Waals surface area (Å²) in [6.07, 6.45) is 7.33. The van der Waals surface area contributed by atoms with Crippen LogP contribution in [0.4, 0.5) is 23.4 Å². The summed E-state index contributed by atoms with van der Waals surface area (Å²) >= 11 is 0. The number of terminal acetylenes is 1. The number of nitrogens with one attached hydrogen (secondary N) is 1. The molecule has 1 aromatic heterocycles. The average Bonchev–Trinajstić information content (AvgIpc) is 3.20. The van der Waals surface area contributed by atoms with Crippen molar-refractivity contribution in [3.05, 3.63) is 53.6 Å². The van der Waals surface area contributed by atoms with Crippen LogP contribution in [0.15, 0.2) is 36.4 Å². The van der Waals surface area contributed by atoms with Gasteiger partial charge in [0.25, 0.3) is 0 Å². The van der Waals surface area contributed by atoms with Gasteiger partial charge in [0.2, 0.25) is 0 Å². The van der Waals surface area contributed by atoms with Gasteiger partial charge in [-0.05, 0) is 79.8 Å². The van der Waals surface area contributed by atoms with Crippen LogP contribution in [0.2, 0.25) is 0 Å². The molecule has 3 aliphatic rings. The zero-order valence-electron chi connectivity index (χ0n) is 24.7. The van der Waals surface area contributed by atoms with Crippen LogP contribution in [0.5, 0.6) is 11.8 Å². The molecule has 45 heavy (non-hydrogen) atoms. The van der Waals surface area contributed by atoms with Gasteiger partial charge in [-0.3, -0.25) is 0 Å². The van der Waals surface area contributed by atoms with Crippen LogP contribution in [-0.2, 0) is 0 Å². The van der Waals surface area contributed by atoms with Gasteiger partial charge in [-0.15, -0.1) is 6.42 Å². The second-order valence-corrected chi connectivity index (χ2v) is 12.6. The average molecular weight is 619 g/mol. The zero-order valence-corrected chi connectivity index (χ0v) is 24.7. The van der Waals surface area contributed by atoms with Gasteiger partial charge in [0.15, 0.2) is 5.82 Å². The number of ether oxygens (including phenoxy) is 1. The van der Waals surface area contributed by atoms with E-state index in [0.717, 1.165) is 32.2 Å².